The number of benzene rings is 2. The van der Waals surface area contributed by atoms with E-state index in [0.29, 0.717) is 0 Å². The van der Waals surface area contributed by atoms with Gasteiger partial charge in [0.2, 0.25) is 0 Å². The summed E-state index contributed by atoms with van der Waals surface area (Å²) < 4.78 is 18.3. The number of methoxy groups -OCH3 is 1. The molecular formula is C27H31FIrNO3-. The van der Waals surface area contributed by atoms with Crippen LogP contribution in [0.25, 0.3) is 22.2 Å². The Kier molecular flexibility index (Phi) is 9.95. The minimum Gasteiger partial charge on any atom is -0.516 e. The van der Waals surface area contributed by atoms with Crippen LogP contribution < -0.4 is 4.74 Å². The van der Waals surface area contributed by atoms with E-state index < -0.39 is 5.41 Å². The average Bonchev–Trinajstić information content (AvgIpc) is 2.72. The van der Waals surface area contributed by atoms with Gasteiger partial charge in [-0.25, -0.2) is 4.39 Å². The molecule has 0 amide bonds. The molecule has 4 nitrogen and oxygen atoms in total. The number of aliphatic hydroxyl groups is 1. The van der Waals surface area contributed by atoms with Gasteiger partial charge >= 0.3 is 0 Å². The second-order valence-corrected chi connectivity index (χ2v) is 9.57. The fourth-order valence-electron chi connectivity index (χ4n) is 2.52. The van der Waals surface area contributed by atoms with E-state index in [1.807, 2.05) is 65.8 Å². The van der Waals surface area contributed by atoms with Crippen LogP contribution in [0.3, 0.4) is 0 Å². The van der Waals surface area contributed by atoms with Gasteiger partial charge in [0.25, 0.3) is 0 Å². The number of ketones is 1. The Morgan fingerprint density at radius 3 is 2.27 bits per heavy atom. The molecule has 1 N–H and O–H groups in total. The van der Waals surface area contributed by atoms with Crippen molar-refractivity contribution >= 4 is 16.7 Å². The number of carbonyl (C=O) groups excluding carboxylic acids is 1. The number of halogens is 1. The summed E-state index contributed by atoms with van der Waals surface area (Å²) in [5.41, 5.74) is 1.64. The molecule has 0 aliphatic carbocycles. The van der Waals surface area contributed by atoms with Crippen molar-refractivity contribution in [1.82, 2.24) is 4.98 Å². The molecule has 3 rings (SSSR count). The molecule has 0 bridgehead atoms. The molecule has 33 heavy (non-hydrogen) atoms. The van der Waals surface area contributed by atoms with Crippen molar-refractivity contribution in [3.05, 3.63) is 72.2 Å². The van der Waals surface area contributed by atoms with E-state index in [9.17, 15) is 14.3 Å². The summed E-state index contributed by atoms with van der Waals surface area (Å²) >= 11 is 0. The number of aliphatic hydroxyl groups excluding tert-OH is 1. The van der Waals surface area contributed by atoms with Crippen molar-refractivity contribution in [2.45, 2.75) is 41.5 Å². The summed E-state index contributed by atoms with van der Waals surface area (Å²) in [7, 11) is 1.62. The van der Waals surface area contributed by atoms with Crippen molar-refractivity contribution < 1.29 is 39.1 Å². The van der Waals surface area contributed by atoms with Crippen molar-refractivity contribution in [2.24, 2.45) is 10.8 Å². The molecule has 3 aromatic rings. The van der Waals surface area contributed by atoms with Gasteiger partial charge in [-0.3, -0.25) is 9.78 Å². The smallest absolute Gasteiger partial charge is 0.164 e. The van der Waals surface area contributed by atoms with Crippen molar-refractivity contribution in [1.29, 1.82) is 0 Å². The predicted octanol–water partition coefficient (Wildman–Crippen LogP) is 6.94. The van der Waals surface area contributed by atoms with Crippen molar-refractivity contribution in [3.63, 3.8) is 0 Å². The molecule has 0 saturated carbocycles. The summed E-state index contributed by atoms with van der Waals surface area (Å²) in [4.78, 5) is 16.0. The Bertz CT molecular complexity index is 1130. The summed E-state index contributed by atoms with van der Waals surface area (Å²) in [5, 5.41) is 10.3. The molecule has 6 heteroatoms. The number of ether oxygens (including phenoxy) is 1. The zero-order valence-corrected chi connectivity index (χ0v) is 22.5. The predicted molar refractivity (Wildman–Crippen MR) is 127 cm³/mol. The van der Waals surface area contributed by atoms with Gasteiger partial charge < -0.3 is 9.84 Å². The minimum absolute atomic E-state index is 0. The van der Waals surface area contributed by atoms with Crippen molar-refractivity contribution in [2.75, 3.05) is 7.11 Å². The first-order chi connectivity index (χ1) is 14.8. The van der Waals surface area contributed by atoms with Gasteiger partial charge in [0.05, 0.1) is 12.6 Å². The van der Waals surface area contributed by atoms with Gasteiger partial charge in [-0.2, -0.15) is 0 Å². The number of pyridine rings is 1. The number of fused-ring (bicyclic) bond motifs is 1. The fraction of sp³-hybridized carbons (Fsp3) is 0.333. The Hall–Kier alpha value is -2.56. The number of carbonyl (C=O) groups is 1. The maximum atomic E-state index is 13.1. The molecule has 2 aromatic carbocycles. The number of hydrogen-bond donors (Lipinski definition) is 1. The van der Waals surface area contributed by atoms with E-state index in [2.05, 4.69) is 11.1 Å². The maximum absolute atomic E-state index is 13.1. The Morgan fingerprint density at radius 1 is 1.03 bits per heavy atom. The van der Waals surface area contributed by atoms with Crippen LogP contribution in [-0.4, -0.2) is 23.0 Å². The number of allylic oxidation sites excluding steroid dienone is 2. The van der Waals surface area contributed by atoms with E-state index in [1.54, 1.807) is 19.2 Å². The molecule has 0 atom stereocenters. The SMILES string of the molecule is CC(C)(C)C(=O)/C=C(\O)C(C)(C)C.COc1cc[c-]c(-c2ccc3cc(F)ccc3n2)c1.[Ir]. The van der Waals surface area contributed by atoms with Crippen LogP contribution >= 0.6 is 0 Å². The van der Waals surface area contributed by atoms with E-state index in [4.69, 9.17) is 4.74 Å². The van der Waals surface area contributed by atoms with Crippen LogP contribution in [0.5, 0.6) is 5.75 Å². The fourth-order valence-corrected chi connectivity index (χ4v) is 2.52. The zero-order chi connectivity index (χ0) is 24.1. The molecule has 0 aliphatic rings. The topological polar surface area (TPSA) is 59.4 Å². The summed E-state index contributed by atoms with van der Waals surface area (Å²) in [6.45, 7) is 11.1. The van der Waals surface area contributed by atoms with Crippen LogP contribution in [0.2, 0.25) is 0 Å². The zero-order valence-electron chi connectivity index (χ0n) is 20.1. The molecule has 0 saturated heterocycles. The quantitative estimate of drug-likeness (QED) is 0.194. The Balaban J connectivity index is 0.000000346. The monoisotopic (exact) mass is 629 g/mol. The number of hydrogen-bond acceptors (Lipinski definition) is 4. The van der Waals surface area contributed by atoms with Crippen LogP contribution in [0.15, 0.2) is 60.4 Å². The minimum atomic E-state index is -0.417. The first-order valence-corrected chi connectivity index (χ1v) is 10.4. The van der Waals surface area contributed by atoms with Gasteiger partial charge in [0, 0.05) is 48.1 Å². The molecule has 179 valence electrons. The molecule has 1 aromatic heterocycles. The van der Waals surface area contributed by atoms with Crippen LogP contribution in [0.4, 0.5) is 4.39 Å². The van der Waals surface area contributed by atoms with Crippen LogP contribution in [-0.2, 0) is 24.9 Å². The summed E-state index contributed by atoms with van der Waals surface area (Å²) in [5.74, 6) is 0.608. The summed E-state index contributed by atoms with van der Waals surface area (Å²) in [6, 6.07) is 16.9. The molecule has 0 spiro atoms. The largest absolute Gasteiger partial charge is 0.516 e. The Labute approximate surface area is 209 Å². The molecule has 1 heterocycles. The second kappa shape index (κ2) is 11.5. The van der Waals surface area contributed by atoms with E-state index in [0.717, 1.165) is 27.9 Å². The second-order valence-electron chi connectivity index (χ2n) is 9.57. The molecule has 1 radical (unpaired) electrons. The first-order valence-electron chi connectivity index (χ1n) is 10.4. The van der Waals surface area contributed by atoms with Gasteiger partial charge in [0.1, 0.15) is 11.6 Å². The van der Waals surface area contributed by atoms with Crippen LogP contribution in [0, 0.1) is 22.7 Å². The molecule has 0 fully saturated rings. The molecular weight excluding hydrogens is 598 g/mol. The number of aromatic nitrogens is 1. The maximum Gasteiger partial charge on any atom is 0.164 e. The van der Waals surface area contributed by atoms with Crippen molar-refractivity contribution in [3.8, 4) is 17.0 Å². The molecule has 0 aliphatic heterocycles. The molecule has 0 unspecified atom stereocenters. The third kappa shape index (κ3) is 8.38. The van der Waals surface area contributed by atoms with Gasteiger partial charge in [-0.1, -0.05) is 53.7 Å². The number of rotatable bonds is 3. The van der Waals surface area contributed by atoms with Crippen LogP contribution in [0.1, 0.15) is 41.5 Å². The summed E-state index contributed by atoms with van der Waals surface area (Å²) in [6.07, 6.45) is 1.33. The Morgan fingerprint density at radius 2 is 1.70 bits per heavy atom. The van der Waals surface area contributed by atoms with Gasteiger partial charge in [-0.05, 0) is 23.9 Å². The van der Waals surface area contributed by atoms with E-state index in [-0.39, 0.29) is 42.9 Å². The van der Waals surface area contributed by atoms with E-state index >= 15 is 0 Å². The first kappa shape index (κ1) is 28.5. The van der Waals surface area contributed by atoms with Gasteiger partial charge in [0.15, 0.2) is 5.78 Å². The van der Waals surface area contributed by atoms with E-state index in [1.165, 1.54) is 18.2 Å². The third-order valence-electron chi connectivity index (χ3n) is 4.71. The standard InChI is InChI=1S/C16H11FNO.C11H20O2.Ir/c1-19-14-4-2-3-11(10-14)15-7-5-12-9-13(17)6-8-16(12)18-15;1-10(2,3)8(12)7-9(13)11(4,5)6;/h2,4-10H,1H3;7,12H,1-6H3;/q-1;;/b;8-7-;. The van der Waals surface area contributed by atoms with Gasteiger partial charge in [-0.15, -0.1) is 29.8 Å². The number of nitrogens with zero attached hydrogens (tertiary/aromatic N) is 1. The normalized spacial score (nSPS) is 11.8. The average molecular weight is 629 g/mol. The third-order valence-corrected chi connectivity index (χ3v) is 4.71.